The van der Waals surface area contributed by atoms with E-state index >= 15 is 0 Å². The van der Waals surface area contributed by atoms with Crippen LogP contribution in [0.15, 0.2) is 59.6 Å². The van der Waals surface area contributed by atoms with Crippen LogP contribution >= 0.6 is 0 Å². The predicted octanol–water partition coefficient (Wildman–Crippen LogP) is 4.36. The summed E-state index contributed by atoms with van der Waals surface area (Å²) in [6, 6.07) is 11.3. The van der Waals surface area contributed by atoms with Crippen molar-refractivity contribution in [3.63, 3.8) is 0 Å². The Hall–Kier alpha value is -4.18. The van der Waals surface area contributed by atoms with Crippen LogP contribution in [0.3, 0.4) is 0 Å². The van der Waals surface area contributed by atoms with Gasteiger partial charge in [-0.3, -0.25) is 14.7 Å². The van der Waals surface area contributed by atoms with E-state index in [-0.39, 0.29) is 0 Å². The molecule has 3 heterocycles. The third kappa shape index (κ3) is 6.91. The number of aryl methyl sites for hydroxylation is 1. The molecule has 5 rings (SSSR count). The summed E-state index contributed by atoms with van der Waals surface area (Å²) in [5.74, 6) is -0.492. The molecule has 4 aromatic rings. The molecular formula is C30H30F3N5O6S. The Kier molecular flexibility index (Phi) is 9.07. The number of nitrogens with one attached hydrogen (secondary N) is 1. The van der Waals surface area contributed by atoms with Gasteiger partial charge in [0.05, 0.1) is 35.2 Å². The molecule has 11 nitrogen and oxygen atoms in total. The number of hydrogen-bond donors (Lipinski definition) is 4. The Labute approximate surface area is 256 Å². The van der Waals surface area contributed by atoms with E-state index < -0.39 is 44.8 Å². The number of carboxylic acid groups (broad SMARTS) is 1. The van der Waals surface area contributed by atoms with Crippen LogP contribution in [0.1, 0.15) is 35.9 Å². The van der Waals surface area contributed by atoms with E-state index in [0.717, 1.165) is 17.7 Å². The number of piperidine rings is 1. The summed E-state index contributed by atoms with van der Waals surface area (Å²) in [6.07, 6.45) is 1.39. The molecule has 2 aromatic heterocycles. The molecule has 15 heteroatoms. The summed E-state index contributed by atoms with van der Waals surface area (Å²) >= 11 is 0. The van der Waals surface area contributed by atoms with Crippen LogP contribution in [0.4, 0.5) is 24.7 Å². The van der Waals surface area contributed by atoms with Crippen molar-refractivity contribution in [2.45, 2.75) is 42.8 Å². The molecule has 0 spiro atoms. The topological polar surface area (TPSA) is 166 Å². The van der Waals surface area contributed by atoms with Crippen molar-refractivity contribution in [2.75, 3.05) is 25.0 Å². The number of aliphatic hydroxyl groups excluding tert-OH is 2. The molecule has 0 aliphatic carbocycles. The van der Waals surface area contributed by atoms with Gasteiger partial charge in [0.15, 0.2) is 0 Å². The molecular weight excluding hydrogens is 615 g/mol. The first-order valence-electron chi connectivity index (χ1n) is 14.0. The van der Waals surface area contributed by atoms with Crippen molar-refractivity contribution in [3.8, 4) is 11.3 Å². The largest absolute Gasteiger partial charge is 0.501 e. The predicted molar refractivity (Wildman–Crippen MR) is 158 cm³/mol. The molecule has 1 aliphatic rings. The van der Waals surface area contributed by atoms with Gasteiger partial charge >= 0.3 is 11.5 Å². The fourth-order valence-corrected chi connectivity index (χ4v) is 5.96. The quantitative estimate of drug-likeness (QED) is 0.204. The second kappa shape index (κ2) is 12.7. The highest BCUT2D eigenvalue weighted by atomic mass is 32.2. The van der Waals surface area contributed by atoms with E-state index in [4.69, 9.17) is 4.98 Å². The number of carbonyl (C=O) groups is 1. The lowest BCUT2D eigenvalue weighted by Crippen LogP contribution is -2.36. The number of fused-ring (bicyclic) bond motifs is 1. The summed E-state index contributed by atoms with van der Waals surface area (Å²) in [4.78, 5) is 26.4. The molecule has 0 unspecified atom stereocenters. The minimum Gasteiger partial charge on any atom is -0.481 e. The number of rotatable bonds is 9. The number of nitrogens with zero attached hydrogens (tertiary/aromatic N) is 4. The summed E-state index contributed by atoms with van der Waals surface area (Å²) in [5.41, 5.74) is -2.05. The van der Waals surface area contributed by atoms with Crippen LogP contribution in [0, 0.1) is 12.8 Å². The maximum atomic E-state index is 13.0. The Morgan fingerprint density at radius 3 is 2.38 bits per heavy atom. The molecule has 0 amide bonds. The monoisotopic (exact) mass is 645 g/mol. The Balaban J connectivity index is 1.51. The molecule has 0 saturated carbocycles. The molecule has 4 N–H and O–H groups in total. The van der Waals surface area contributed by atoms with E-state index in [2.05, 4.69) is 15.3 Å². The molecule has 2 aromatic carbocycles. The van der Waals surface area contributed by atoms with Gasteiger partial charge < -0.3 is 20.6 Å². The van der Waals surface area contributed by atoms with Gasteiger partial charge in [-0.25, -0.2) is 18.4 Å². The average molecular weight is 646 g/mol. The van der Waals surface area contributed by atoms with Gasteiger partial charge in [-0.2, -0.15) is 13.2 Å². The number of aliphatic hydroxyl groups is 2. The van der Waals surface area contributed by atoms with E-state index in [0.29, 0.717) is 77.5 Å². The zero-order valence-corrected chi connectivity index (χ0v) is 24.8. The molecule has 238 valence electrons. The normalized spacial score (nSPS) is 15.7. The minimum atomic E-state index is -5.50. The van der Waals surface area contributed by atoms with Gasteiger partial charge in [-0.15, -0.1) is 0 Å². The van der Waals surface area contributed by atoms with Gasteiger partial charge in [0.1, 0.15) is 17.7 Å². The molecule has 45 heavy (non-hydrogen) atoms. The Morgan fingerprint density at radius 2 is 1.78 bits per heavy atom. The molecule has 1 saturated heterocycles. The van der Waals surface area contributed by atoms with Crippen molar-refractivity contribution in [3.05, 3.63) is 71.7 Å². The third-order valence-electron chi connectivity index (χ3n) is 7.71. The van der Waals surface area contributed by atoms with Gasteiger partial charge in [-0.05, 0) is 80.9 Å². The number of alkyl halides is 3. The van der Waals surface area contributed by atoms with E-state index in [1.165, 1.54) is 18.3 Å². The van der Waals surface area contributed by atoms with Crippen molar-refractivity contribution in [1.82, 2.24) is 19.9 Å². The average Bonchev–Trinajstić information content (AvgIpc) is 3.00. The SMILES string of the molecule is Cc1cc([C@@H](O)CO)cnc1-c1ccc2c(Nc3ccc(S(=O)(=O)C(F)(F)F)cc3)nc(CN3CCC(C(=O)O)CC3)nc2c1. The van der Waals surface area contributed by atoms with Crippen molar-refractivity contribution < 1.29 is 41.7 Å². The number of aromatic nitrogens is 3. The maximum absolute atomic E-state index is 13.0. The van der Waals surface area contributed by atoms with Crippen LogP contribution in [-0.2, 0) is 21.2 Å². The number of halogens is 3. The molecule has 1 aliphatic heterocycles. The second-order valence-corrected chi connectivity index (χ2v) is 12.8. The smallest absolute Gasteiger partial charge is 0.481 e. The minimum absolute atomic E-state index is 0.295. The lowest BCUT2D eigenvalue weighted by Gasteiger charge is -2.29. The first-order chi connectivity index (χ1) is 21.3. The van der Waals surface area contributed by atoms with E-state index in [1.807, 2.05) is 11.8 Å². The van der Waals surface area contributed by atoms with Crippen LogP contribution in [-0.4, -0.2) is 74.8 Å². The van der Waals surface area contributed by atoms with Crippen molar-refractivity contribution in [2.24, 2.45) is 5.92 Å². The number of aliphatic carboxylic acids is 1. The number of carboxylic acids is 1. The lowest BCUT2D eigenvalue weighted by atomic mass is 9.97. The van der Waals surface area contributed by atoms with Crippen LogP contribution in [0.5, 0.6) is 0 Å². The highest BCUT2D eigenvalue weighted by Gasteiger charge is 2.46. The highest BCUT2D eigenvalue weighted by molar-refractivity contribution is 7.92. The number of pyridine rings is 1. The molecule has 1 fully saturated rings. The zero-order chi connectivity index (χ0) is 32.5. The van der Waals surface area contributed by atoms with Crippen LogP contribution < -0.4 is 5.32 Å². The fraction of sp³-hybridized carbons (Fsp3) is 0.333. The highest BCUT2D eigenvalue weighted by Crippen LogP contribution is 2.33. The van der Waals surface area contributed by atoms with Crippen molar-refractivity contribution in [1.29, 1.82) is 0 Å². The summed E-state index contributed by atoms with van der Waals surface area (Å²) in [6.45, 7) is 2.76. The van der Waals surface area contributed by atoms with E-state index in [1.54, 1.807) is 24.3 Å². The Bertz CT molecular complexity index is 1830. The number of benzene rings is 2. The number of anilines is 2. The number of sulfone groups is 1. The lowest BCUT2D eigenvalue weighted by molar-refractivity contribution is -0.143. The van der Waals surface area contributed by atoms with Crippen molar-refractivity contribution >= 4 is 38.2 Å². The first kappa shape index (κ1) is 32.2. The third-order valence-corrected chi connectivity index (χ3v) is 9.21. The molecule has 0 bridgehead atoms. The molecule has 1 atom stereocenters. The van der Waals surface area contributed by atoms with Gasteiger partial charge in [0.25, 0.3) is 9.84 Å². The van der Waals surface area contributed by atoms with Gasteiger partial charge in [0.2, 0.25) is 0 Å². The zero-order valence-electron chi connectivity index (χ0n) is 24.0. The first-order valence-corrected chi connectivity index (χ1v) is 15.4. The summed E-state index contributed by atoms with van der Waals surface area (Å²) in [5, 5.41) is 32.2. The number of likely N-dealkylation sites (tertiary alicyclic amines) is 1. The number of hydrogen-bond acceptors (Lipinski definition) is 10. The second-order valence-electron chi connectivity index (χ2n) is 10.8. The van der Waals surface area contributed by atoms with E-state index in [9.17, 15) is 41.7 Å². The Morgan fingerprint density at radius 1 is 1.09 bits per heavy atom. The van der Waals surface area contributed by atoms with Gasteiger partial charge in [-0.1, -0.05) is 6.07 Å². The summed E-state index contributed by atoms with van der Waals surface area (Å²) < 4.78 is 62.6. The fourth-order valence-electron chi connectivity index (χ4n) is 5.20. The maximum Gasteiger partial charge on any atom is 0.501 e. The van der Waals surface area contributed by atoms with Crippen LogP contribution in [0.2, 0.25) is 0 Å². The standard InChI is InChI=1S/C30H30F3N5O6S/c1-17-12-20(25(40)16-39)14-34-27(17)19-2-7-23-24(13-19)36-26(15-38-10-8-18(9-11-38)29(41)42)37-28(23)35-21-3-5-22(6-4-21)45(43,44)30(31,32)33/h2-7,12-14,18,25,39-40H,8-11,15-16H2,1H3,(H,41,42)(H,35,36,37)/t25-/m0/s1. The van der Waals surface area contributed by atoms with Gasteiger partial charge in [0, 0.05) is 28.4 Å². The van der Waals surface area contributed by atoms with Crippen LogP contribution in [0.25, 0.3) is 22.2 Å². The molecule has 0 radical (unpaired) electrons. The summed E-state index contributed by atoms with van der Waals surface area (Å²) in [7, 11) is -5.50.